The van der Waals surface area contributed by atoms with Crippen LogP contribution in [0, 0.1) is 5.92 Å². The molecule has 1 aromatic carbocycles. The van der Waals surface area contributed by atoms with Crippen molar-refractivity contribution >= 4 is 23.2 Å². The zero-order valence-corrected chi connectivity index (χ0v) is 13.6. The van der Waals surface area contributed by atoms with Crippen LogP contribution in [0.5, 0.6) is 0 Å². The van der Waals surface area contributed by atoms with Gasteiger partial charge in [0, 0.05) is 12.6 Å². The van der Waals surface area contributed by atoms with Gasteiger partial charge < -0.3 is 10.6 Å². The van der Waals surface area contributed by atoms with Gasteiger partial charge >= 0.3 is 0 Å². The first-order chi connectivity index (χ1) is 9.58. The SMILES string of the molecule is CN(CCC(N)c1cccc(Cl)c1Cl)CC1CCCC1. The summed E-state index contributed by atoms with van der Waals surface area (Å²) in [5, 5.41) is 1.18. The molecule has 112 valence electrons. The summed E-state index contributed by atoms with van der Waals surface area (Å²) in [6.07, 6.45) is 6.47. The number of hydrogen-bond acceptors (Lipinski definition) is 2. The third kappa shape index (κ3) is 4.36. The van der Waals surface area contributed by atoms with E-state index in [-0.39, 0.29) is 6.04 Å². The Hall–Kier alpha value is -0.280. The van der Waals surface area contributed by atoms with Gasteiger partial charge in [0.15, 0.2) is 0 Å². The number of halogens is 2. The van der Waals surface area contributed by atoms with Gasteiger partial charge in [0.1, 0.15) is 0 Å². The molecule has 2 rings (SSSR count). The zero-order valence-electron chi connectivity index (χ0n) is 12.1. The molecular formula is C16H24Cl2N2. The highest BCUT2D eigenvalue weighted by Crippen LogP contribution is 2.30. The highest BCUT2D eigenvalue weighted by atomic mass is 35.5. The zero-order chi connectivity index (χ0) is 14.5. The number of nitrogens with zero attached hydrogens (tertiary/aromatic N) is 1. The number of rotatable bonds is 6. The third-order valence-electron chi connectivity index (χ3n) is 4.25. The summed E-state index contributed by atoms with van der Waals surface area (Å²) in [6.45, 7) is 2.19. The van der Waals surface area contributed by atoms with Crippen LogP contribution in [0.25, 0.3) is 0 Å². The van der Waals surface area contributed by atoms with Crippen molar-refractivity contribution < 1.29 is 0 Å². The van der Waals surface area contributed by atoms with E-state index < -0.39 is 0 Å². The first-order valence-corrected chi connectivity index (χ1v) is 8.21. The van der Waals surface area contributed by atoms with Gasteiger partial charge in [-0.1, -0.05) is 48.2 Å². The van der Waals surface area contributed by atoms with Crippen LogP contribution in [0.15, 0.2) is 18.2 Å². The molecule has 0 bridgehead atoms. The average molecular weight is 315 g/mol. The van der Waals surface area contributed by atoms with E-state index >= 15 is 0 Å². The maximum atomic E-state index is 6.25. The summed E-state index contributed by atoms with van der Waals surface area (Å²) < 4.78 is 0. The van der Waals surface area contributed by atoms with Crippen LogP contribution in [0.2, 0.25) is 10.0 Å². The minimum atomic E-state index is -0.0489. The maximum absolute atomic E-state index is 6.25. The molecule has 0 amide bonds. The molecule has 1 fully saturated rings. The second kappa shape index (κ2) is 7.65. The van der Waals surface area contributed by atoms with Gasteiger partial charge in [0.2, 0.25) is 0 Å². The van der Waals surface area contributed by atoms with E-state index in [4.69, 9.17) is 28.9 Å². The van der Waals surface area contributed by atoms with Crippen LogP contribution in [0.3, 0.4) is 0 Å². The molecular weight excluding hydrogens is 291 g/mol. The maximum Gasteiger partial charge on any atom is 0.0640 e. The summed E-state index contributed by atoms with van der Waals surface area (Å²) in [6, 6.07) is 5.63. The van der Waals surface area contributed by atoms with Crippen LogP contribution in [-0.2, 0) is 0 Å². The lowest BCUT2D eigenvalue weighted by Gasteiger charge is -2.23. The molecule has 1 saturated carbocycles. The topological polar surface area (TPSA) is 29.3 Å². The first-order valence-electron chi connectivity index (χ1n) is 7.46. The largest absolute Gasteiger partial charge is 0.324 e. The van der Waals surface area contributed by atoms with E-state index in [2.05, 4.69) is 11.9 Å². The molecule has 4 heteroatoms. The fourth-order valence-corrected chi connectivity index (χ4v) is 3.49. The van der Waals surface area contributed by atoms with Gasteiger partial charge in [-0.05, 0) is 50.4 Å². The van der Waals surface area contributed by atoms with E-state index in [9.17, 15) is 0 Å². The number of nitrogens with two attached hydrogens (primary N) is 1. The summed E-state index contributed by atoms with van der Waals surface area (Å²) in [4.78, 5) is 2.40. The molecule has 1 aliphatic rings. The van der Waals surface area contributed by atoms with Gasteiger partial charge in [-0.25, -0.2) is 0 Å². The summed E-state index contributed by atoms with van der Waals surface area (Å²) in [5.41, 5.74) is 7.20. The van der Waals surface area contributed by atoms with Crippen molar-refractivity contribution in [2.75, 3.05) is 20.1 Å². The fourth-order valence-electron chi connectivity index (χ4n) is 3.05. The molecule has 1 aromatic rings. The Balaban J connectivity index is 1.81. The first kappa shape index (κ1) is 16.1. The second-order valence-corrected chi connectivity index (χ2v) is 6.74. The van der Waals surface area contributed by atoms with Gasteiger partial charge in [-0.15, -0.1) is 0 Å². The summed E-state index contributed by atoms with van der Waals surface area (Å²) in [7, 11) is 2.19. The second-order valence-electron chi connectivity index (χ2n) is 5.95. The molecule has 0 radical (unpaired) electrons. The molecule has 0 aliphatic heterocycles. The molecule has 2 nitrogen and oxygen atoms in total. The normalized spacial score (nSPS) is 17.9. The molecule has 1 unspecified atom stereocenters. The predicted molar refractivity (Wildman–Crippen MR) is 87.5 cm³/mol. The lowest BCUT2D eigenvalue weighted by atomic mass is 10.0. The smallest absolute Gasteiger partial charge is 0.0640 e. The summed E-state index contributed by atoms with van der Waals surface area (Å²) in [5.74, 6) is 0.881. The van der Waals surface area contributed by atoms with E-state index in [1.54, 1.807) is 6.07 Å². The van der Waals surface area contributed by atoms with Crippen LogP contribution in [0.1, 0.15) is 43.7 Å². The van der Waals surface area contributed by atoms with Crippen LogP contribution in [-0.4, -0.2) is 25.0 Å². The molecule has 20 heavy (non-hydrogen) atoms. The minimum absolute atomic E-state index is 0.0489. The lowest BCUT2D eigenvalue weighted by Crippen LogP contribution is -2.28. The molecule has 2 N–H and O–H groups in total. The Bertz CT molecular complexity index is 430. The fraction of sp³-hybridized carbons (Fsp3) is 0.625. The van der Waals surface area contributed by atoms with Crippen molar-refractivity contribution in [1.82, 2.24) is 4.90 Å². The number of hydrogen-bond donors (Lipinski definition) is 1. The number of benzene rings is 1. The highest BCUT2D eigenvalue weighted by molar-refractivity contribution is 6.42. The minimum Gasteiger partial charge on any atom is -0.324 e. The van der Waals surface area contributed by atoms with Gasteiger partial charge in [-0.3, -0.25) is 0 Å². The van der Waals surface area contributed by atoms with Gasteiger partial charge in [-0.2, -0.15) is 0 Å². The molecule has 0 aromatic heterocycles. The standard InChI is InChI=1S/C16H24Cl2N2/c1-20(11-12-5-2-3-6-12)10-9-15(19)13-7-4-8-14(17)16(13)18/h4,7-8,12,15H,2-3,5-6,9-11,19H2,1H3. The Morgan fingerprint density at radius 1 is 1.30 bits per heavy atom. The Morgan fingerprint density at radius 2 is 2.00 bits per heavy atom. The lowest BCUT2D eigenvalue weighted by molar-refractivity contribution is 0.268. The van der Waals surface area contributed by atoms with E-state index in [1.807, 2.05) is 12.1 Å². The van der Waals surface area contributed by atoms with Crippen LogP contribution < -0.4 is 5.73 Å². The van der Waals surface area contributed by atoms with E-state index in [1.165, 1.54) is 32.2 Å². The van der Waals surface area contributed by atoms with Crippen molar-refractivity contribution in [3.63, 3.8) is 0 Å². The molecule has 1 atom stereocenters. The molecule has 1 aliphatic carbocycles. The van der Waals surface area contributed by atoms with Crippen molar-refractivity contribution in [2.45, 2.75) is 38.1 Å². The quantitative estimate of drug-likeness (QED) is 0.837. The molecule has 0 spiro atoms. The van der Waals surface area contributed by atoms with Crippen molar-refractivity contribution in [2.24, 2.45) is 11.7 Å². The third-order valence-corrected chi connectivity index (χ3v) is 5.08. The predicted octanol–water partition coefficient (Wildman–Crippen LogP) is 4.51. The Kier molecular flexibility index (Phi) is 6.16. The Morgan fingerprint density at radius 3 is 2.70 bits per heavy atom. The average Bonchev–Trinajstić information content (AvgIpc) is 2.92. The van der Waals surface area contributed by atoms with Crippen molar-refractivity contribution in [3.8, 4) is 0 Å². The van der Waals surface area contributed by atoms with Gasteiger partial charge in [0.25, 0.3) is 0 Å². The van der Waals surface area contributed by atoms with Crippen molar-refractivity contribution in [3.05, 3.63) is 33.8 Å². The van der Waals surface area contributed by atoms with Crippen molar-refractivity contribution in [1.29, 1.82) is 0 Å². The van der Waals surface area contributed by atoms with Crippen LogP contribution >= 0.6 is 23.2 Å². The molecule has 0 heterocycles. The Labute approximate surface area is 132 Å². The molecule has 0 saturated heterocycles. The van der Waals surface area contributed by atoms with Crippen LogP contribution in [0.4, 0.5) is 0 Å². The van der Waals surface area contributed by atoms with E-state index in [0.717, 1.165) is 24.4 Å². The highest BCUT2D eigenvalue weighted by Gasteiger charge is 2.18. The monoisotopic (exact) mass is 314 g/mol. The van der Waals surface area contributed by atoms with Gasteiger partial charge in [0.05, 0.1) is 10.0 Å². The van der Waals surface area contributed by atoms with E-state index in [0.29, 0.717) is 10.0 Å². The summed E-state index contributed by atoms with van der Waals surface area (Å²) >= 11 is 12.3.